The Morgan fingerprint density at radius 2 is 2.00 bits per heavy atom. The Labute approximate surface area is 178 Å². The molecule has 1 aliphatic rings. The molecule has 7 nitrogen and oxygen atoms in total. The highest BCUT2D eigenvalue weighted by atomic mass is 32.1. The number of thiophene rings is 1. The van der Waals surface area contributed by atoms with Crippen LogP contribution in [0.25, 0.3) is 0 Å². The molecule has 0 spiro atoms. The van der Waals surface area contributed by atoms with Crippen LogP contribution in [0, 0.1) is 6.92 Å². The molecule has 2 aromatic rings. The smallest absolute Gasteiger partial charge is 0.191 e. The van der Waals surface area contributed by atoms with Gasteiger partial charge in [0.1, 0.15) is 12.4 Å². The van der Waals surface area contributed by atoms with Crippen LogP contribution in [0.15, 0.2) is 22.5 Å². The molecular formula is C21H35N7S. The third-order valence-corrected chi connectivity index (χ3v) is 6.64. The third-order valence-electron chi connectivity index (χ3n) is 5.71. The number of likely N-dealkylation sites (tertiary alicyclic amines) is 1. The Hall–Kier alpha value is -1.93. The zero-order chi connectivity index (χ0) is 20.7. The lowest BCUT2D eigenvalue weighted by atomic mass is 9.98. The number of nitrogens with one attached hydrogen (secondary N) is 2. The van der Waals surface area contributed by atoms with Gasteiger partial charge in [0.05, 0.1) is 0 Å². The lowest BCUT2D eigenvalue weighted by Gasteiger charge is -2.41. The molecule has 2 aromatic heterocycles. The van der Waals surface area contributed by atoms with Crippen LogP contribution in [-0.4, -0.2) is 57.3 Å². The van der Waals surface area contributed by atoms with E-state index in [1.807, 2.05) is 18.5 Å². The highest BCUT2D eigenvalue weighted by molar-refractivity contribution is 7.09. The van der Waals surface area contributed by atoms with Gasteiger partial charge in [0.25, 0.3) is 0 Å². The average molecular weight is 418 g/mol. The van der Waals surface area contributed by atoms with Crippen molar-refractivity contribution in [3.8, 4) is 0 Å². The summed E-state index contributed by atoms with van der Waals surface area (Å²) in [6, 6.07) is 4.28. The van der Waals surface area contributed by atoms with Gasteiger partial charge in [-0.15, -0.1) is 21.5 Å². The van der Waals surface area contributed by atoms with Gasteiger partial charge >= 0.3 is 0 Å². The number of aromatic nitrogens is 3. The zero-order valence-corrected chi connectivity index (χ0v) is 19.1. The van der Waals surface area contributed by atoms with E-state index in [-0.39, 0.29) is 5.54 Å². The Morgan fingerprint density at radius 3 is 2.66 bits per heavy atom. The van der Waals surface area contributed by atoms with Gasteiger partial charge in [0, 0.05) is 30.6 Å². The number of aryl methyl sites for hydroxylation is 1. The number of piperidine rings is 1. The zero-order valence-electron chi connectivity index (χ0n) is 18.2. The first-order chi connectivity index (χ1) is 14.0. The maximum absolute atomic E-state index is 4.79. The second-order valence-corrected chi connectivity index (χ2v) is 9.39. The minimum absolute atomic E-state index is 0.0952. The van der Waals surface area contributed by atoms with E-state index < -0.39 is 0 Å². The third kappa shape index (κ3) is 6.27. The van der Waals surface area contributed by atoms with E-state index in [2.05, 4.69) is 57.1 Å². The molecule has 160 valence electrons. The van der Waals surface area contributed by atoms with Crippen LogP contribution in [0.5, 0.6) is 0 Å². The van der Waals surface area contributed by atoms with Gasteiger partial charge in [0.2, 0.25) is 0 Å². The van der Waals surface area contributed by atoms with Gasteiger partial charge in [-0.25, -0.2) is 4.99 Å². The Bertz CT molecular complexity index is 773. The van der Waals surface area contributed by atoms with Gasteiger partial charge in [0.15, 0.2) is 11.8 Å². The summed E-state index contributed by atoms with van der Waals surface area (Å²) in [7, 11) is 1.98. The SMILES string of the molecule is Cc1nnc(CN=C(NCCc2cccs2)NCC(C)(C)N2CCCCC2)n1C. The Kier molecular flexibility index (Phi) is 7.66. The number of guanidine groups is 1. The summed E-state index contributed by atoms with van der Waals surface area (Å²) >= 11 is 1.80. The van der Waals surface area contributed by atoms with Gasteiger partial charge < -0.3 is 15.2 Å². The molecule has 3 heterocycles. The Balaban J connectivity index is 1.60. The second-order valence-electron chi connectivity index (χ2n) is 8.36. The van der Waals surface area contributed by atoms with Crippen molar-refractivity contribution in [2.75, 3.05) is 26.2 Å². The first kappa shape index (κ1) is 21.8. The average Bonchev–Trinajstić information content (AvgIpc) is 3.35. The first-order valence-electron chi connectivity index (χ1n) is 10.6. The molecule has 0 bridgehead atoms. The molecule has 0 amide bonds. The fourth-order valence-corrected chi connectivity index (χ4v) is 4.29. The van der Waals surface area contributed by atoms with Gasteiger partial charge in [-0.05, 0) is 64.6 Å². The highest BCUT2D eigenvalue weighted by Crippen LogP contribution is 2.19. The molecule has 1 aliphatic heterocycles. The number of rotatable bonds is 8. The van der Waals surface area contributed by atoms with E-state index in [1.165, 1.54) is 37.2 Å². The van der Waals surface area contributed by atoms with Crippen molar-refractivity contribution in [1.29, 1.82) is 0 Å². The molecule has 29 heavy (non-hydrogen) atoms. The quantitative estimate of drug-likeness (QED) is 0.510. The van der Waals surface area contributed by atoms with E-state index in [1.54, 1.807) is 11.3 Å². The maximum atomic E-state index is 4.79. The van der Waals surface area contributed by atoms with Crippen molar-refractivity contribution >= 4 is 17.3 Å². The number of nitrogens with zero attached hydrogens (tertiary/aromatic N) is 5. The molecule has 1 saturated heterocycles. The van der Waals surface area contributed by atoms with Gasteiger partial charge in [-0.2, -0.15) is 0 Å². The summed E-state index contributed by atoms with van der Waals surface area (Å²) in [6.45, 7) is 11.2. The molecule has 1 fully saturated rings. The predicted octanol–water partition coefficient (Wildman–Crippen LogP) is 2.73. The van der Waals surface area contributed by atoms with E-state index >= 15 is 0 Å². The lowest BCUT2D eigenvalue weighted by molar-refractivity contribution is 0.0982. The lowest BCUT2D eigenvalue weighted by Crippen LogP contribution is -2.55. The topological polar surface area (TPSA) is 70.4 Å². The predicted molar refractivity (Wildman–Crippen MR) is 120 cm³/mol. The van der Waals surface area contributed by atoms with E-state index in [9.17, 15) is 0 Å². The molecule has 0 aliphatic carbocycles. The molecule has 0 radical (unpaired) electrons. The summed E-state index contributed by atoms with van der Waals surface area (Å²) in [5, 5.41) is 17.6. The second kappa shape index (κ2) is 10.2. The summed E-state index contributed by atoms with van der Waals surface area (Å²) in [5.41, 5.74) is 0.0952. The number of hydrogen-bond donors (Lipinski definition) is 2. The van der Waals surface area contributed by atoms with E-state index in [0.717, 1.165) is 37.1 Å². The van der Waals surface area contributed by atoms with Gasteiger partial charge in [-0.1, -0.05) is 12.5 Å². The van der Waals surface area contributed by atoms with Crippen LogP contribution in [0.3, 0.4) is 0 Å². The van der Waals surface area contributed by atoms with Crippen LogP contribution in [-0.2, 0) is 20.0 Å². The van der Waals surface area contributed by atoms with Crippen molar-refractivity contribution < 1.29 is 0 Å². The molecule has 0 saturated carbocycles. The molecule has 0 atom stereocenters. The van der Waals surface area contributed by atoms with Crippen LogP contribution in [0.2, 0.25) is 0 Å². The van der Waals surface area contributed by atoms with Crippen LogP contribution < -0.4 is 10.6 Å². The minimum Gasteiger partial charge on any atom is -0.356 e. The molecule has 0 aromatic carbocycles. The first-order valence-corrected chi connectivity index (χ1v) is 11.5. The largest absolute Gasteiger partial charge is 0.356 e. The van der Waals surface area contributed by atoms with Crippen molar-refractivity contribution in [3.63, 3.8) is 0 Å². The van der Waals surface area contributed by atoms with Crippen molar-refractivity contribution in [3.05, 3.63) is 34.0 Å². The monoisotopic (exact) mass is 417 g/mol. The fourth-order valence-electron chi connectivity index (χ4n) is 3.58. The minimum atomic E-state index is 0.0952. The molecular weight excluding hydrogens is 382 g/mol. The standard InChI is InChI=1S/C21H35N7S/c1-17-25-26-19(27(17)4)15-23-20(22-11-10-18-9-8-14-29-18)24-16-21(2,3)28-12-6-5-7-13-28/h8-9,14H,5-7,10-13,15-16H2,1-4H3,(H2,22,23,24). The molecule has 2 N–H and O–H groups in total. The van der Waals surface area contributed by atoms with Crippen molar-refractivity contribution in [2.24, 2.45) is 12.0 Å². The van der Waals surface area contributed by atoms with E-state index in [4.69, 9.17) is 4.99 Å². The van der Waals surface area contributed by atoms with Gasteiger partial charge in [-0.3, -0.25) is 4.90 Å². The summed E-state index contributed by atoms with van der Waals surface area (Å²) in [6.07, 6.45) is 4.95. The molecule has 3 rings (SSSR count). The normalized spacial score (nSPS) is 16.2. The summed E-state index contributed by atoms with van der Waals surface area (Å²) in [4.78, 5) is 8.77. The van der Waals surface area contributed by atoms with Crippen LogP contribution in [0.4, 0.5) is 0 Å². The number of aliphatic imine (C=N–C) groups is 1. The fraction of sp³-hybridized carbons (Fsp3) is 0.667. The summed E-state index contributed by atoms with van der Waals surface area (Å²) in [5.74, 6) is 2.62. The Morgan fingerprint density at radius 1 is 1.21 bits per heavy atom. The van der Waals surface area contributed by atoms with Crippen LogP contribution in [0.1, 0.15) is 49.6 Å². The molecule has 0 unspecified atom stereocenters. The van der Waals surface area contributed by atoms with Crippen molar-refractivity contribution in [1.82, 2.24) is 30.3 Å². The van der Waals surface area contributed by atoms with E-state index in [0.29, 0.717) is 6.54 Å². The van der Waals surface area contributed by atoms with Crippen molar-refractivity contribution in [2.45, 2.75) is 58.5 Å². The maximum Gasteiger partial charge on any atom is 0.191 e. The highest BCUT2D eigenvalue weighted by Gasteiger charge is 2.27. The van der Waals surface area contributed by atoms with Crippen LogP contribution >= 0.6 is 11.3 Å². The summed E-state index contributed by atoms with van der Waals surface area (Å²) < 4.78 is 1.99. The number of hydrogen-bond acceptors (Lipinski definition) is 5. The molecule has 8 heteroatoms.